The summed E-state index contributed by atoms with van der Waals surface area (Å²) in [7, 11) is 1.95. The molecular weight excluding hydrogens is 286 g/mol. The van der Waals surface area contributed by atoms with Crippen molar-refractivity contribution in [2.24, 2.45) is 7.05 Å². The van der Waals surface area contributed by atoms with Crippen molar-refractivity contribution in [2.75, 3.05) is 11.4 Å². The third-order valence-corrected chi connectivity index (χ3v) is 4.36. The number of ether oxygens (including phenoxy) is 1. The van der Waals surface area contributed by atoms with Crippen molar-refractivity contribution in [3.63, 3.8) is 0 Å². The van der Waals surface area contributed by atoms with Gasteiger partial charge < -0.3 is 9.64 Å². The van der Waals surface area contributed by atoms with Gasteiger partial charge in [0.1, 0.15) is 0 Å². The van der Waals surface area contributed by atoms with E-state index < -0.39 is 0 Å². The van der Waals surface area contributed by atoms with Crippen molar-refractivity contribution in [2.45, 2.75) is 52.4 Å². The van der Waals surface area contributed by atoms with Gasteiger partial charge in [0.2, 0.25) is 0 Å². The molecule has 0 amide bonds. The van der Waals surface area contributed by atoms with Crippen LogP contribution in [0, 0.1) is 0 Å². The molecule has 0 spiro atoms. The molecule has 23 heavy (non-hydrogen) atoms. The lowest BCUT2D eigenvalue weighted by atomic mass is 9.95. The van der Waals surface area contributed by atoms with Crippen LogP contribution in [0.5, 0.6) is 0 Å². The van der Waals surface area contributed by atoms with Gasteiger partial charge in [-0.2, -0.15) is 5.10 Å². The highest BCUT2D eigenvalue weighted by Gasteiger charge is 2.27. The normalized spacial score (nSPS) is 17.9. The fraction of sp³-hybridized carbons (Fsp3) is 0.526. The van der Waals surface area contributed by atoms with Crippen LogP contribution < -0.4 is 4.90 Å². The fourth-order valence-corrected chi connectivity index (χ4v) is 3.37. The second-order valence-corrected chi connectivity index (χ2v) is 7.00. The predicted octanol–water partition coefficient (Wildman–Crippen LogP) is 3.65. The first-order chi connectivity index (χ1) is 10.9. The Bertz CT molecular complexity index is 675. The molecule has 1 aromatic carbocycles. The molecule has 1 atom stereocenters. The van der Waals surface area contributed by atoms with Gasteiger partial charge in [-0.15, -0.1) is 0 Å². The van der Waals surface area contributed by atoms with Gasteiger partial charge in [-0.1, -0.05) is 6.07 Å². The Kier molecular flexibility index (Phi) is 4.44. The monoisotopic (exact) mass is 313 g/mol. The van der Waals surface area contributed by atoms with Crippen LogP contribution in [0.25, 0.3) is 11.1 Å². The molecule has 124 valence electrons. The quantitative estimate of drug-likeness (QED) is 0.863. The van der Waals surface area contributed by atoms with Crippen molar-refractivity contribution in [3.8, 4) is 11.1 Å². The Morgan fingerprint density at radius 3 is 2.57 bits per heavy atom. The van der Waals surface area contributed by atoms with Gasteiger partial charge in [-0.05, 0) is 51.0 Å². The minimum Gasteiger partial charge on any atom is -0.373 e. The van der Waals surface area contributed by atoms with Crippen LogP contribution in [-0.4, -0.2) is 34.6 Å². The van der Waals surface area contributed by atoms with Crippen LogP contribution in [0.2, 0.25) is 0 Å². The van der Waals surface area contributed by atoms with E-state index in [4.69, 9.17) is 4.74 Å². The van der Waals surface area contributed by atoms with Crippen molar-refractivity contribution in [1.29, 1.82) is 0 Å². The van der Waals surface area contributed by atoms with Gasteiger partial charge in [0.15, 0.2) is 0 Å². The van der Waals surface area contributed by atoms with E-state index in [1.54, 1.807) is 0 Å². The summed E-state index contributed by atoms with van der Waals surface area (Å²) in [5, 5.41) is 4.28. The first kappa shape index (κ1) is 16.1. The van der Waals surface area contributed by atoms with Gasteiger partial charge in [0.25, 0.3) is 0 Å². The van der Waals surface area contributed by atoms with Crippen LogP contribution in [0.4, 0.5) is 5.69 Å². The topological polar surface area (TPSA) is 30.3 Å². The molecule has 0 saturated carbocycles. The average molecular weight is 313 g/mol. The number of aromatic nitrogens is 2. The average Bonchev–Trinajstić information content (AvgIpc) is 2.91. The van der Waals surface area contributed by atoms with Crippen molar-refractivity contribution < 1.29 is 4.74 Å². The molecule has 1 unspecified atom stereocenters. The van der Waals surface area contributed by atoms with E-state index in [0.717, 1.165) is 13.0 Å². The van der Waals surface area contributed by atoms with Crippen molar-refractivity contribution in [3.05, 3.63) is 36.2 Å². The minimum atomic E-state index is 0.258. The molecule has 0 radical (unpaired) electrons. The molecule has 0 aliphatic carbocycles. The number of rotatable bonds is 4. The number of benzene rings is 1. The third kappa shape index (κ3) is 3.42. The largest absolute Gasteiger partial charge is 0.373 e. The lowest BCUT2D eigenvalue weighted by molar-refractivity contribution is 0.00970. The number of hydrogen-bond acceptors (Lipinski definition) is 3. The summed E-state index contributed by atoms with van der Waals surface area (Å²) in [6.45, 7) is 9.69. The maximum Gasteiger partial charge on any atom is 0.0794 e. The Morgan fingerprint density at radius 2 is 1.96 bits per heavy atom. The maximum atomic E-state index is 6.12. The smallest absolute Gasteiger partial charge is 0.0794 e. The lowest BCUT2D eigenvalue weighted by Crippen LogP contribution is -2.44. The van der Waals surface area contributed by atoms with Crippen LogP contribution in [-0.2, 0) is 18.2 Å². The number of hydrogen-bond donors (Lipinski definition) is 0. The third-order valence-electron chi connectivity index (χ3n) is 4.36. The molecule has 0 fully saturated rings. The van der Waals surface area contributed by atoms with Gasteiger partial charge in [0, 0.05) is 43.5 Å². The molecule has 0 N–H and O–H groups in total. The van der Waals surface area contributed by atoms with Gasteiger partial charge >= 0.3 is 0 Å². The SMILES string of the molecule is CC(C)OC1Cc2cc(-c3cnn(C)c3)ccc2N(C(C)C)C1. The highest BCUT2D eigenvalue weighted by atomic mass is 16.5. The molecule has 1 aromatic heterocycles. The van der Waals surface area contributed by atoms with E-state index in [2.05, 4.69) is 62.1 Å². The zero-order valence-corrected chi connectivity index (χ0v) is 14.8. The highest BCUT2D eigenvalue weighted by Crippen LogP contribution is 2.33. The molecule has 4 nitrogen and oxygen atoms in total. The van der Waals surface area contributed by atoms with E-state index in [-0.39, 0.29) is 12.2 Å². The second-order valence-electron chi connectivity index (χ2n) is 7.00. The zero-order chi connectivity index (χ0) is 16.6. The van der Waals surface area contributed by atoms with E-state index in [0.29, 0.717) is 6.04 Å². The van der Waals surface area contributed by atoms with Gasteiger partial charge in [0.05, 0.1) is 18.4 Å². The molecule has 1 aliphatic rings. The Hall–Kier alpha value is -1.81. The fourth-order valence-electron chi connectivity index (χ4n) is 3.37. The van der Waals surface area contributed by atoms with Crippen LogP contribution in [0.3, 0.4) is 0 Å². The van der Waals surface area contributed by atoms with Crippen molar-refractivity contribution >= 4 is 5.69 Å². The molecular formula is C19H27N3O. The molecule has 0 bridgehead atoms. The summed E-state index contributed by atoms with van der Waals surface area (Å²) >= 11 is 0. The molecule has 2 aromatic rings. The highest BCUT2D eigenvalue weighted by molar-refractivity contribution is 5.69. The summed E-state index contributed by atoms with van der Waals surface area (Å²) in [5.74, 6) is 0. The van der Waals surface area contributed by atoms with Crippen molar-refractivity contribution in [1.82, 2.24) is 9.78 Å². The molecule has 3 rings (SSSR count). The summed E-state index contributed by atoms with van der Waals surface area (Å²) in [4.78, 5) is 2.46. The number of nitrogens with zero attached hydrogens (tertiary/aromatic N) is 3. The van der Waals surface area contributed by atoms with E-state index in [9.17, 15) is 0 Å². The number of anilines is 1. The van der Waals surface area contributed by atoms with E-state index >= 15 is 0 Å². The molecule has 2 heterocycles. The van der Waals surface area contributed by atoms with Crippen LogP contribution >= 0.6 is 0 Å². The number of aryl methyl sites for hydroxylation is 1. The lowest BCUT2D eigenvalue weighted by Gasteiger charge is -2.39. The zero-order valence-electron chi connectivity index (χ0n) is 14.8. The molecule has 1 aliphatic heterocycles. The summed E-state index contributed by atoms with van der Waals surface area (Å²) < 4.78 is 7.97. The Labute approximate surface area is 139 Å². The minimum absolute atomic E-state index is 0.258. The van der Waals surface area contributed by atoms with Crippen LogP contribution in [0.1, 0.15) is 33.3 Å². The van der Waals surface area contributed by atoms with Gasteiger partial charge in [-0.25, -0.2) is 0 Å². The maximum absolute atomic E-state index is 6.12. The first-order valence-electron chi connectivity index (χ1n) is 8.48. The molecule has 0 saturated heterocycles. The van der Waals surface area contributed by atoms with E-state index in [1.165, 1.54) is 22.4 Å². The Balaban J connectivity index is 1.95. The number of fused-ring (bicyclic) bond motifs is 1. The standard InChI is InChI=1S/C19H27N3O/c1-13(2)22-12-18(23-14(3)4)9-16-8-15(6-7-19(16)22)17-10-20-21(5)11-17/h6-8,10-11,13-14,18H,9,12H2,1-5H3. The molecule has 4 heteroatoms. The summed E-state index contributed by atoms with van der Waals surface area (Å²) in [6.07, 6.45) is 5.48. The first-order valence-corrected chi connectivity index (χ1v) is 8.48. The van der Waals surface area contributed by atoms with Gasteiger partial charge in [-0.3, -0.25) is 4.68 Å². The predicted molar refractivity (Wildman–Crippen MR) is 94.8 cm³/mol. The second kappa shape index (κ2) is 6.36. The Morgan fingerprint density at radius 1 is 1.17 bits per heavy atom. The van der Waals surface area contributed by atoms with Crippen LogP contribution in [0.15, 0.2) is 30.6 Å². The van der Waals surface area contributed by atoms with E-state index in [1.807, 2.05) is 17.9 Å². The summed E-state index contributed by atoms with van der Waals surface area (Å²) in [6, 6.07) is 7.23. The summed E-state index contributed by atoms with van der Waals surface area (Å²) in [5.41, 5.74) is 5.11.